The molecule has 0 fully saturated rings. The highest BCUT2D eigenvalue weighted by atomic mass is 32.1. The van der Waals surface area contributed by atoms with Gasteiger partial charge in [-0.25, -0.2) is 14.8 Å². The van der Waals surface area contributed by atoms with Crippen molar-refractivity contribution in [3.8, 4) is 22.2 Å². The van der Waals surface area contributed by atoms with Crippen LogP contribution in [0.2, 0.25) is 0 Å². The number of nitrogens with zero attached hydrogens (tertiary/aromatic N) is 3. The van der Waals surface area contributed by atoms with Gasteiger partial charge < -0.3 is 19.1 Å². The van der Waals surface area contributed by atoms with E-state index in [4.69, 9.17) is 9.47 Å². The van der Waals surface area contributed by atoms with Crippen LogP contribution in [-0.4, -0.2) is 38.8 Å². The molecule has 0 unspecified atom stereocenters. The summed E-state index contributed by atoms with van der Waals surface area (Å²) in [4.78, 5) is 20.2. The van der Waals surface area contributed by atoms with Gasteiger partial charge in [0.1, 0.15) is 16.8 Å². The number of aryl methyl sites for hydroxylation is 1. The van der Waals surface area contributed by atoms with Gasteiger partial charge in [-0.2, -0.15) is 0 Å². The van der Waals surface area contributed by atoms with Crippen molar-refractivity contribution in [1.29, 1.82) is 0 Å². The van der Waals surface area contributed by atoms with E-state index in [1.165, 1.54) is 0 Å². The Morgan fingerprint density at radius 3 is 2.75 bits per heavy atom. The van der Waals surface area contributed by atoms with Crippen molar-refractivity contribution in [1.82, 2.24) is 14.5 Å². The lowest BCUT2D eigenvalue weighted by Crippen LogP contribution is -2.14. The van der Waals surface area contributed by atoms with Crippen LogP contribution < -0.4 is 9.47 Å². The second kappa shape index (κ2) is 9.82. The molecule has 8 heteroatoms. The second-order valence-corrected chi connectivity index (χ2v) is 8.25. The number of ether oxygens (including phenoxy) is 2. The summed E-state index contributed by atoms with van der Waals surface area (Å²) in [6.45, 7) is 4.76. The number of carboxylic acids is 1. The predicted octanol–water partition coefficient (Wildman–Crippen LogP) is 5.22. The number of rotatable bonds is 10. The SMILES string of the molecule is CCc1csc(-c2ccc(OCCCOc3ccc4c(ccn4[C@@H](C)C(=O)O)c3)nc2)n1. The molecule has 32 heavy (non-hydrogen) atoms. The zero-order valence-electron chi connectivity index (χ0n) is 18.0. The van der Waals surface area contributed by atoms with E-state index in [1.807, 2.05) is 36.4 Å². The monoisotopic (exact) mass is 451 g/mol. The van der Waals surface area contributed by atoms with E-state index in [0.29, 0.717) is 25.5 Å². The van der Waals surface area contributed by atoms with Crippen LogP contribution in [0.5, 0.6) is 11.6 Å². The van der Waals surface area contributed by atoms with Crippen LogP contribution in [0.15, 0.2) is 54.2 Å². The highest BCUT2D eigenvalue weighted by Crippen LogP contribution is 2.26. The third-order valence-corrected chi connectivity index (χ3v) is 6.11. The average molecular weight is 452 g/mol. The normalized spacial score (nSPS) is 12.1. The summed E-state index contributed by atoms with van der Waals surface area (Å²) in [5, 5.41) is 13.2. The number of carboxylic acid groups (broad SMARTS) is 1. The largest absolute Gasteiger partial charge is 0.493 e. The van der Waals surface area contributed by atoms with Gasteiger partial charge in [0, 0.05) is 46.7 Å². The van der Waals surface area contributed by atoms with E-state index in [-0.39, 0.29) is 0 Å². The molecular formula is C24H25N3O4S. The zero-order valence-corrected chi connectivity index (χ0v) is 18.8. The molecule has 0 spiro atoms. The smallest absolute Gasteiger partial charge is 0.326 e. The summed E-state index contributed by atoms with van der Waals surface area (Å²) in [6.07, 6.45) is 5.22. The topological polar surface area (TPSA) is 86.5 Å². The fourth-order valence-electron chi connectivity index (χ4n) is 3.31. The summed E-state index contributed by atoms with van der Waals surface area (Å²) in [5.41, 5.74) is 2.96. The molecule has 0 aliphatic heterocycles. The Bertz CT molecular complexity index is 1200. The molecule has 1 atom stereocenters. The minimum absolute atomic E-state index is 0.498. The fraction of sp³-hybridized carbons (Fsp3) is 0.292. The van der Waals surface area contributed by atoms with Gasteiger partial charge in [0.2, 0.25) is 5.88 Å². The molecule has 166 valence electrons. The number of hydrogen-bond acceptors (Lipinski definition) is 6. The maximum atomic E-state index is 11.2. The first-order valence-electron chi connectivity index (χ1n) is 10.5. The first-order valence-corrected chi connectivity index (χ1v) is 11.4. The molecule has 0 amide bonds. The van der Waals surface area contributed by atoms with Crippen LogP contribution >= 0.6 is 11.3 Å². The Morgan fingerprint density at radius 1 is 1.19 bits per heavy atom. The van der Waals surface area contributed by atoms with E-state index in [2.05, 4.69) is 22.3 Å². The number of aliphatic carboxylic acids is 1. The average Bonchev–Trinajstić information content (AvgIpc) is 3.45. The third kappa shape index (κ3) is 4.91. The van der Waals surface area contributed by atoms with Crippen LogP contribution in [0.3, 0.4) is 0 Å². The van der Waals surface area contributed by atoms with E-state index in [0.717, 1.165) is 39.3 Å². The van der Waals surface area contributed by atoms with Gasteiger partial charge in [-0.15, -0.1) is 11.3 Å². The Hall–Kier alpha value is -3.39. The van der Waals surface area contributed by atoms with Crippen molar-refractivity contribution < 1.29 is 19.4 Å². The molecule has 0 aliphatic carbocycles. The summed E-state index contributed by atoms with van der Waals surface area (Å²) in [5.74, 6) is 0.465. The molecule has 0 bridgehead atoms. The zero-order chi connectivity index (χ0) is 22.5. The Labute approximate surface area is 190 Å². The summed E-state index contributed by atoms with van der Waals surface area (Å²) in [6, 6.07) is 10.8. The molecule has 3 heterocycles. The summed E-state index contributed by atoms with van der Waals surface area (Å²) < 4.78 is 13.3. The van der Waals surface area contributed by atoms with Gasteiger partial charge in [0.15, 0.2) is 0 Å². The fourth-order valence-corrected chi connectivity index (χ4v) is 4.20. The minimum Gasteiger partial charge on any atom is -0.493 e. The molecule has 7 nitrogen and oxygen atoms in total. The predicted molar refractivity (Wildman–Crippen MR) is 125 cm³/mol. The molecule has 1 N–H and O–H groups in total. The second-order valence-electron chi connectivity index (χ2n) is 7.39. The van der Waals surface area contributed by atoms with E-state index in [1.54, 1.807) is 35.2 Å². The minimum atomic E-state index is -0.860. The van der Waals surface area contributed by atoms with Crippen molar-refractivity contribution in [3.05, 3.63) is 59.9 Å². The van der Waals surface area contributed by atoms with Crippen molar-refractivity contribution in [2.75, 3.05) is 13.2 Å². The lowest BCUT2D eigenvalue weighted by molar-refractivity contribution is -0.140. The molecule has 0 saturated carbocycles. The number of carbonyl (C=O) groups is 1. The number of benzene rings is 1. The molecule has 1 aromatic carbocycles. The molecule has 0 aliphatic rings. The molecule has 3 aromatic heterocycles. The molecule has 0 saturated heterocycles. The summed E-state index contributed by atoms with van der Waals surface area (Å²) >= 11 is 1.62. The quantitative estimate of drug-likeness (QED) is 0.333. The van der Waals surface area contributed by atoms with Crippen LogP contribution in [-0.2, 0) is 11.2 Å². The van der Waals surface area contributed by atoms with Crippen LogP contribution in [0.25, 0.3) is 21.5 Å². The Morgan fingerprint density at radius 2 is 2.03 bits per heavy atom. The number of pyridine rings is 1. The summed E-state index contributed by atoms with van der Waals surface area (Å²) in [7, 11) is 0. The maximum absolute atomic E-state index is 11.2. The molecule has 0 radical (unpaired) electrons. The number of hydrogen-bond donors (Lipinski definition) is 1. The number of thiazole rings is 1. The van der Waals surface area contributed by atoms with Gasteiger partial charge in [-0.05, 0) is 43.7 Å². The van der Waals surface area contributed by atoms with E-state index < -0.39 is 12.0 Å². The third-order valence-electron chi connectivity index (χ3n) is 5.17. The first-order chi connectivity index (χ1) is 15.5. The van der Waals surface area contributed by atoms with Gasteiger partial charge in [-0.1, -0.05) is 6.92 Å². The Balaban J connectivity index is 1.25. The maximum Gasteiger partial charge on any atom is 0.326 e. The van der Waals surface area contributed by atoms with E-state index >= 15 is 0 Å². The van der Waals surface area contributed by atoms with Gasteiger partial charge >= 0.3 is 5.97 Å². The van der Waals surface area contributed by atoms with Crippen LogP contribution in [0, 0.1) is 0 Å². The van der Waals surface area contributed by atoms with Crippen molar-refractivity contribution in [3.63, 3.8) is 0 Å². The van der Waals surface area contributed by atoms with Gasteiger partial charge in [0.05, 0.1) is 18.9 Å². The van der Waals surface area contributed by atoms with Crippen molar-refractivity contribution in [2.45, 2.75) is 32.7 Å². The van der Waals surface area contributed by atoms with Crippen LogP contribution in [0.4, 0.5) is 0 Å². The Kier molecular flexibility index (Phi) is 6.70. The standard InChI is InChI=1S/C24H25N3O4S/c1-3-19-15-32-23(26-19)18-5-8-22(25-14-18)31-12-4-11-30-20-6-7-21-17(13-20)9-10-27(21)16(2)24(28)29/h5-10,13-16H,3-4,11-12H2,1-2H3,(H,28,29)/t16-/m0/s1. The van der Waals surface area contributed by atoms with Gasteiger partial charge in [0.25, 0.3) is 0 Å². The van der Waals surface area contributed by atoms with Crippen molar-refractivity contribution >= 4 is 28.2 Å². The van der Waals surface area contributed by atoms with Crippen LogP contribution in [0.1, 0.15) is 32.0 Å². The highest BCUT2D eigenvalue weighted by molar-refractivity contribution is 7.13. The molecular weight excluding hydrogens is 426 g/mol. The van der Waals surface area contributed by atoms with Crippen molar-refractivity contribution in [2.24, 2.45) is 0 Å². The van der Waals surface area contributed by atoms with Gasteiger partial charge in [-0.3, -0.25) is 0 Å². The lowest BCUT2D eigenvalue weighted by atomic mass is 10.2. The number of aromatic nitrogens is 3. The van der Waals surface area contributed by atoms with E-state index in [9.17, 15) is 9.90 Å². The first kappa shape index (κ1) is 21.8. The highest BCUT2D eigenvalue weighted by Gasteiger charge is 2.15. The molecule has 4 aromatic rings. The molecule has 4 rings (SSSR count). The lowest BCUT2D eigenvalue weighted by Gasteiger charge is -2.11. The number of fused-ring (bicyclic) bond motifs is 1.